The van der Waals surface area contributed by atoms with Gasteiger partial charge in [-0.2, -0.15) is 0 Å². The Hall–Kier alpha value is -0.870. The lowest BCUT2D eigenvalue weighted by atomic mass is 9.95. The predicted molar refractivity (Wildman–Crippen MR) is 86.5 cm³/mol. The van der Waals surface area contributed by atoms with Crippen molar-refractivity contribution >= 4 is 21.7 Å². The van der Waals surface area contributed by atoms with Crippen molar-refractivity contribution in [1.29, 1.82) is 0 Å². The zero-order valence-electron chi connectivity index (χ0n) is 12.5. The summed E-state index contributed by atoms with van der Waals surface area (Å²) in [5.41, 5.74) is 1.28. The Kier molecular flexibility index (Phi) is 4.65. The van der Waals surface area contributed by atoms with E-state index in [1.807, 2.05) is 6.07 Å². The van der Waals surface area contributed by atoms with Gasteiger partial charge in [0.15, 0.2) is 0 Å². The molecule has 0 radical (unpaired) electrons. The maximum Gasteiger partial charge on any atom is 0.137 e. The maximum absolute atomic E-state index is 12.0. The molecule has 21 heavy (non-hydrogen) atoms. The van der Waals surface area contributed by atoms with Gasteiger partial charge in [-0.1, -0.05) is 6.07 Å². The van der Waals surface area contributed by atoms with E-state index in [-0.39, 0.29) is 5.92 Å². The number of methoxy groups -OCH3 is 1. The molecular formula is C17H22BrNO2. The fourth-order valence-electron chi connectivity index (χ4n) is 3.80. The van der Waals surface area contributed by atoms with Crippen LogP contribution in [-0.4, -0.2) is 30.4 Å². The molecule has 1 aromatic rings. The van der Waals surface area contributed by atoms with Crippen molar-refractivity contribution in [2.24, 2.45) is 5.92 Å². The van der Waals surface area contributed by atoms with Gasteiger partial charge in [-0.05, 0) is 65.9 Å². The van der Waals surface area contributed by atoms with Gasteiger partial charge < -0.3 is 4.74 Å². The number of carbonyl (C=O) groups excluding carboxylic acids is 1. The van der Waals surface area contributed by atoms with Gasteiger partial charge in [0.05, 0.1) is 11.6 Å². The van der Waals surface area contributed by atoms with Gasteiger partial charge in [0.25, 0.3) is 0 Å². The molecule has 2 atom stereocenters. The van der Waals surface area contributed by atoms with Crippen LogP contribution in [0.15, 0.2) is 22.7 Å². The molecule has 0 spiro atoms. The highest BCUT2D eigenvalue weighted by molar-refractivity contribution is 9.10. The largest absolute Gasteiger partial charge is 0.496 e. The van der Waals surface area contributed by atoms with E-state index in [1.54, 1.807) is 7.11 Å². The number of carbonyl (C=O) groups is 1. The highest BCUT2D eigenvalue weighted by Crippen LogP contribution is 2.34. The van der Waals surface area contributed by atoms with Crippen molar-refractivity contribution in [1.82, 2.24) is 4.90 Å². The molecule has 1 heterocycles. The van der Waals surface area contributed by atoms with Gasteiger partial charge in [0.1, 0.15) is 11.5 Å². The van der Waals surface area contributed by atoms with Crippen molar-refractivity contribution in [3.05, 3.63) is 28.2 Å². The van der Waals surface area contributed by atoms with E-state index in [2.05, 4.69) is 33.0 Å². The zero-order chi connectivity index (χ0) is 14.8. The zero-order valence-corrected chi connectivity index (χ0v) is 14.1. The van der Waals surface area contributed by atoms with Crippen molar-refractivity contribution in [3.8, 4) is 5.75 Å². The Morgan fingerprint density at radius 1 is 1.33 bits per heavy atom. The minimum atomic E-state index is 0.286. The number of halogens is 1. The first kappa shape index (κ1) is 15.0. The van der Waals surface area contributed by atoms with E-state index in [0.29, 0.717) is 11.8 Å². The first-order valence-electron chi connectivity index (χ1n) is 7.78. The molecule has 3 nitrogen and oxygen atoms in total. The lowest BCUT2D eigenvalue weighted by Gasteiger charge is -2.28. The minimum Gasteiger partial charge on any atom is -0.496 e. The topological polar surface area (TPSA) is 29.5 Å². The number of ether oxygens (including phenoxy) is 1. The Bertz CT molecular complexity index is 532. The van der Waals surface area contributed by atoms with E-state index in [4.69, 9.17) is 4.74 Å². The molecule has 1 saturated carbocycles. The lowest BCUT2D eigenvalue weighted by Crippen LogP contribution is -2.36. The molecule has 3 rings (SSSR count). The molecule has 1 aliphatic carbocycles. The Morgan fingerprint density at radius 3 is 2.86 bits per heavy atom. The first-order valence-corrected chi connectivity index (χ1v) is 8.57. The minimum absolute atomic E-state index is 0.286. The molecular weight excluding hydrogens is 330 g/mol. The Balaban J connectivity index is 1.71. The molecule has 2 unspecified atom stereocenters. The Labute approximate surface area is 134 Å². The summed E-state index contributed by atoms with van der Waals surface area (Å²) in [6.07, 6.45) is 5.36. The SMILES string of the molecule is COc1ccc(CN2CCCC2C2CCCC2=O)cc1Br. The highest BCUT2D eigenvalue weighted by atomic mass is 79.9. The second kappa shape index (κ2) is 6.49. The van der Waals surface area contributed by atoms with Crippen LogP contribution in [0.4, 0.5) is 0 Å². The second-order valence-corrected chi connectivity index (χ2v) is 6.97. The molecule has 2 aliphatic rings. The van der Waals surface area contributed by atoms with Crippen molar-refractivity contribution in [2.45, 2.75) is 44.7 Å². The van der Waals surface area contributed by atoms with Gasteiger partial charge >= 0.3 is 0 Å². The summed E-state index contributed by atoms with van der Waals surface area (Å²) in [7, 11) is 1.68. The summed E-state index contributed by atoms with van der Waals surface area (Å²) in [4.78, 5) is 14.5. The molecule has 0 aromatic heterocycles. The van der Waals surface area contributed by atoms with Crippen molar-refractivity contribution in [3.63, 3.8) is 0 Å². The number of hydrogen-bond acceptors (Lipinski definition) is 3. The summed E-state index contributed by atoms with van der Waals surface area (Å²) in [6.45, 7) is 2.04. The average Bonchev–Trinajstić information content (AvgIpc) is 3.07. The van der Waals surface area contributed by atoms with Gasteiger partial charge in [0.2, 0.25) is 0 Å². The average molecular weight is 352 g/mol. The third-order valence-corrected chi connectivity index (χ3v) is 5.45. The van der Waals surface area contributed by atoms with E-state index < -0.39 is 0 Å². The van der Waals surface area contributed by atoms with Crippen LogP contribution >= 0.6 is 15.9 Å². The third kappa shape index (κ3) is 3.16. The summed E-state index contributed by atoms with van der Waals surface area (Å²) in [5.74, 6) is 1.64. The smallest absolute Gasteiger partial charge is 0.137 e. The molecule has 2 fully saturated rings. The van der Waals surface area contributed by atoms with Gasteiger partial charge in [-0.3, -0.25) is 9.69 Å². The highest BCUT2D eigenvalue weighted by Gasteiger charge is 2.37. The van der Waals surface area contributed by atoms with Crippen LogP contribution in [0.1, 0.15) is 37.7 Å². The number of likely N-dealkylation sites (tertiary alicyclic amines) is 1. The Morgan fingerprint density at radius 2 is 2.19 bits per heavy atom. The van der Waals surface area contributed by atoms with Crippen LogP contribution in [0.25, 0.3) is 0 Å². The normalized spacial score (nSPS) is 26.5. The standard InChI is InChI=1S/C17H22BrNO2/c1-21-17-8-7-12(10-14(17)18)11-19-9-3-5-15(19)13-4-2-6-16(13)20/h7-8,10,13,15H,2-6,9,11H2,1H3. The number of benzene rings is 1. The van der Waals surface area contributed by atoms with E-state index >= 15 is 0 Å². The fourth-order valence-corrected chi connectivity index (χ4v) is 4.38. The quantitative estimate of drug-likeness (QED) is 0.826. The van der Waals surface area contributed by atoms with Crippen molar-refractivity contribution in [2.75, 3.05) is 13.7 Å². The van der Waals surface area contributed by atoms with Crippen LogP contribution in [0.5, 0.6) is 5.75 Å². The summed E-state index contributed by atoms with van der Waals surface area (Å²) < 4.78 is 6.28. The van der Waals surface area contributed by atoms with Crippen LogP contribution in [0, 0.1) is 5.92 Å². The van der Waals surface area contributed by atoms with E-state index in [1.165, 1.54) is 18.4 Å². The molecule has 1 aliphatic heterocycles. The molecule has 1 saturated heterocycles. The molecule has 4 heteroatoms. The number of Topliss-reactive ketones (excluding diaryl/α,β-unsaturated/α-hetero) is 1. The molecule has 1 aromatic carbocycles. The molecule has 0 amide bonds. The molecule has 0 N–H and O–H groups in total. The van der Waals surface area contributed by atoms with E-state index in [9.17, 15) is 4.79 Å². The predicted octanol–water partition coefficient (Wildman–Crippen LogP) is 3.79. The van der Waals surface area contributed by atoms with Crippen LogP contribution in [0.2, 0.25) is 0 Å². The van der Waals surface area contributed by atoms with Gasteiger partial charge in [-0.15, -0.1) is 0 Å². The molecule has 0 bridgehead atoms. The van der Waals surface area contributed by atoms with Crippen molar-refractivity contribution < 1.29 is 9.53 Å². The van der Waals surface area contributed by atoms with Gasteiger partial charge in [0, 0.05) is 24.9 Å². The first-order chi connectivity index (χ1) is 10.2. The summed E-state index contributed by atoms with van der Waals surface area (Å²) >= 11 is 3.55. The number of nitrogens with zero attached hydrogens (tertiary/aromatic N) is 1. The number of rotatable bonds is 4. The fraction of sp³-hybridized carbons (Fsp3) is 0.588. The number of hydrogen-bond donors (Lipinski definition) is 0. The van der Waals surface area contributed by atoms with Crippen LogP contribution in [-0.2, 0) is 11.3 Å². The van der Waals surface area contributed by atoms with Crippen LogP contribution in [0.3, 0.4) is 0 Å². The maximum atomic E-state index is 12.0. The summed E-state index contributed by atoms with van der Waals surface area (Å²) in [6, 6.07) is 6.71. The van der Waals surface area contributed by atoms with Crippen LogP contribution < -0.4 is 4.74 Å². The third-order valence-electron chi connectivity index (χ3n) is 4.83. The molecule has 114 valence electrons. The number of ketones is 1. The second-order valence-electron chi connectivity index (χ2n) is 6.11. The monoisotopic (exact) mass is 351 g/mol. The summed E-state index contributed by atoms with van der Waals surface area (Å²) in [5, 5.41) is 0. The van der Waals surface area contributed by atoms with Gasteiger partial charge in [-0.25, -0.2) is 0 Å². The van der Waals surface area contributed by atoms with E-state index in [0.717, 1.165) is 42.6 Å². The lowest BCUT2D eigenvalue weighted by molar-refractivity contribution is -0.122.